The molecule has 2 N–H and O–H groups in total. The summed E-state index contributed by atoms with van der Waals surface area (Å²) in [6.45, 7) is 0. The molecule has 0 amide bonds. The molecule has 3 rings (SSSR count). The second-order valence-electron chi connectivity index (χ2n) is 5.57. The largest absolute Gasteiger partial charge is 0.389 e. The molecule has 2 atom stereocenters. The highest BCUT2D eigenvalue weighted by Crippen LogP contribution is 2.35. The second-order valence-corrected chi connectivity index (χ2v) is 5.57. The standard InChI is InChI=1S/C14H18FNO/c15-11-3-1-10(2-4-11)7-14(17)8-12-5-6-13(9-14)16-12/h1-4,12-13,16-17H,5-9H2/t12-,13-/m1/s1. The molecule has 0 radical (unpaired) electrons. The van der Waals surface area contributed by atoms with E-state index in [0.29, 0.717) is 18.5 Å². The molecule has 1 aromatic rings. The van der Waals surface area contributed by atoms with Gasteiger partial charge in [0.25, 0.3) is 0 Å². The maximum Gasteiger partial charge on any atom is 0.123 e. The molecule has 1 aromatic carbocycles. The number of benzene rings is 1. The lowest BCUT2D eigenvalue weighted by molar-refractivity contribution is -0.00609. The molecule has 2 heterocycles. The third-order valence-corrected chi connectivity index (χ3v) is 4.03. The van der Waals surface area contributed by atoms with Crippen molar-refractivity contribution in [3.05, 3.63) is 35.6 Å². The van der Waals surface area contributed by atoms with Crippen molar-refractivity contribution in [3.63, 3.8) is 0 Å². The predicted molar refractivity (Wildman–Crippen MR) is 64.2 cm³/mol. The van der Waals surface area contributed by atoms with E-state index < -0.39 is 5.60 Å². The first kappa shape index (κ1) is 11.2. The van der Waals surface area contributed by atoms with Crippen LogP contribution in [0.15, 0.2) is 24.3 Å². The van der Waals surface area contributed by atoms with Crippen LogP contribution in [-0.4, -0.2) is 22.8 Å². The molecule has 0 saturated carbocycles. The van der Waals surface area contributed by atoms with Gasteiger partial charge in [0.2, 0.25) is 0 Å². The van der Waals surface area contributed by atoms with E-state index in [-0.39, 0.29) is 5.82 Å². The molecule has 92 valence electrons. The summed E-state index contributed by atoms with van der Waals surface area (Å²) in [5, 5.41) is 14.2. The maximum absolute atomic E-state index is 12.8. The molecule has 2 bridgehead atoms. The van der Waals surface area contributed by atoms with Crippen LogP contribution in [0.4, 0.5) is 4.39 Å². The number of hydrogen-bond acceptors (Lipinski definition) is 2. The molecule has 3 heteroatoms. The van der Waals surface area contributed by atoms with Gasteiger partial charge in [-0.05, 0) is 43.4 Å². The Hall–Kier alpha value is -0.930. The molecule has 2 aliphatic rings. The Bertz CT molecular complexity index is 391. The summed E-state index contributed by atoms with van der Waals surface area (Å²) in [5.74, 6) is -0.217. The Kier molecular flexibility index (Phi) is 2.68. The Morgan fingerprint density at radius 3 is 2.35 bits per heavy atom. The van der Waals surface area contributed by atoms with Crippen molar-refractivity contribution in [1.82, 2.24) is 5.32 Å². The molecule has 2 saturated heterocycles. The van der Waals surface area contributed by atoms with Gasteiger partial charge in [0.15, 0.2) is 0 Å². The number of hydrogen-bond donors (Lipinski definition) is 2. The van der Waals surface area contributed by atoms with E-state index in [1.807, 2.05) is 0 Å². The topological polar surface area (TPSA) is 32.3 Å². The molecule has 0 spiro atoms. The lowest BCUT2D eigenvalue weighted by Crippen LogP contribution is -2.49. The van der Waals surface area contributed by atoms with E-state index in [1.165, 1.54) is 25.0 Å². The number of nitrogens with one attached hydrogen (secondary N) is 1. The van der Waals surface area contributed by atoms with Crippen molar-refractivity contribution in [2.24, 2.45) is 0 Å². The van der Waals surface area contributed by atoms with Gasteiger partial charge in [0.1, 0.15) is 5.82 Å². The quantitative estimate of drug-likeness (QED) is 0.822. The summed E-state index contributed by atoms with van der Waals surface area (Å²) in [6.07, 6.45) is 4.64. The average Bonchev–Trinajstić information content (AvgIpc) is 2.62. The highest BCUT2D eigenvalue weighted by molar-refractivity contribution is 5.19. The zero-order valence-corrected chi connectivity index (χ0v) is 9.82. The summed E-state index contributed by atoms with van der Waals surface area (Å²) in [4.78, 5) is 0. The molecule has 2 aliphatic heterocycles. The highest BCUT2D eigenvalue weighted by Gasteiger charge is 2.42. The van der Waals surface area contributed by atoms with Crippen LogP contribution < -0.4 is 5.32 Å². The minimum atomic E-state index is -0.602. The first-order valence-electron chi connectivity index (χ1n) is 6.36. The van der Waals surface area contributed by atoms with Gasteiger partial charge < -0.3 is 10.4 Å². The van der Waals surface area contributed by atoms with E-state index in [9.17, 15) is 9.50 Å². The van der Waals surface area contributed by atoms with Crippen molar-refractivity contribution in [2.45, 2.75) is 49.8 Å². The van der Waals surface area contributed by atoms with Gasteiger partial charge in [-0.2, -0.15) is 0 Å². The molecular formula is C14H18FNO. The number of fused-ring (bicyclic) bond motifs is 2. The zero-order chi connectivity index (χ0) is 11.9. The Morgan fingerprint density at radius 1 is 1.18 bits per heavy atom. The van der Waals surface area contributed by atoms with E-state index in [2.05, 4.69) is 5.32 Å². The number of aliphatic hydroxyl groups is 1. The van der Waals surface area contributed by atoms with E-state index >= 15 is 0 Å². The fraction of sp³-hybridized carbons (Fsp3) is 0.571. The maximum atomic E-state index is 12.8. The van der Waals surface area contributed by atoms with Crippen LogP contribution in [0.3, 0.4) is 0 Å². The number of rotatable bonds is 2. The smallest absolute Gasteiger partial charge is 0.123 e. The van der Waals surface area contributed by atoms with Crippen LogP contribution >= 0.6 is 0 Å². The molecule has 0 unspecified atom stereocenters. The van der Waals surface area contributed by atoms with Crippen LogP contribution in [-0.2, 0) is 6.42 Å². The summed E-state index contributed by atoms with van der Waals surface area (Å²) in [7, 11) is 0. The third kappa shape index (κ3) is 2.35. The van der Waals surface area contributed by atoms with Gasteiger partial charge in [0, 0.05) is 18.5 Å². The second kappa shape index (κ2) is 4.07. The summed E-state index contributed by atoms with van der Waals surface area (Å²) >= 11 is 0. The number of piperidine rings is 1. The molecule has 0 aromatic heterocycles. The first-order valence-corrected chi connectivity index (χ1v) is 6.36. The van der Waals surface area contributed by atoms with Gasteiger partial charge >= 0.3 is 0 Å². The van der Waals surface area contributed by atoms with Crippen LogP contribution in [0.2, 0.25) is 0 Å². The minimum absolute atomic E-state index is 0.217. The molecule has 0 aliphatic carbocycles. The molecule has 2 nitrogen and oxygen atoms in total. The fourth-order valence-corrected chi connectivity index (χ4v) is 3.35. The highest BCUT2D eigenvalue weighted by atomic mass is 19.1. The van der Waals surface area contributed by atoms with Crippen molar-refractivity contribution in [2.75, 3.05) is 0 Å². The van der Waals surface area contributed by atoms with E-state index in [1.54, 1.807) is 12.1 Å². The van der Waals surface area contributed by atoms with Crippen LogP contribution in [0.5, 0.6) is 0 Å². The summed E-state index contributed by atoms with van der Waals surface area (Å²) in [5.41, 5.74) is 0.421. The first-order chi connectivity index (χ1) is 8.13. The van der Waals surface area contributed by atoms with Crippen LogP contribution in [0.25, 0.3) is 0 Å². The van der Waals surface area contributed by atoms with E-state index in [0.717, 1.165) is 18.4 Å². The average molecular weight is 235 g/mol. The van der Waals surface area contributed by atoms with Crippen LogP contribution in [0.1, 0.15) is 31.2 Å². The number of halogens is 1. The monoisotopic (exact) mass is 235 g/mol. The molecule has 2 fully saturated rings. The van der Waals surface area contributed by atoms with Gasteiger partial charge in [0.05, 0.1) is 5.60 Å². The lowest BCUT2D eigenvalue weighted by Gasteiger charge is -2.37. The zero-order valence-electron chi connectivity index (χ0n) is 9.82. The summed E-state index contributed by atoms with van der Waals surface area (Å²) < 4.78 is 12.8. The van der Waals surface area contributed by atoms with Gasteiger partial charge in [-0.15, -0.1) is 0 Å². The Morgan fingerprint density at radius 2 is 1.76 bits per heavy atom. The van der Waals surface area contributed by atoms with Gasteiger partial charge in [-0.3, -0.25) is 0 Å². The van der Waals surface area contributed by atoms with E-state index in [4.69, 9.17) is 0 Å². The predicted octanol–water partition coefficient (Wildman–Crippen LogP) is 2.01. The minimum Gasteiger partial charge on any atom is -0.389 e. The molecule has 17 heavy (non-hydrogen) atoms. The van der Waals surface area contributed by atoms with Crippen molar-refractivity contribution in [1.29, 1.82) is 0 Å². The molecular weight excluding hydrogens is 217 g/mol. The SMILES string of the molecule is OC1(Cc2ccc(F)cc2)C[C@H]2CC[C@H](C1)N2. The van der Waals surface area contributed by atoms with Crippen molar-refractivity contribution < 1.29 is 9.50 Å². The van der Waals surface area contributed by atoms with Gasteiger partial charge in [-0.1, -0.05) is 12.1 Å². The summed E-state index contributed by atoms with van der Waals surface area (Å²) in [6, 6.07) is 7.43. The fourth-order valence-electron chi connectivity index (χ4n) is 3.35. The van der Waals surface area contributed by atoms with Crippen LogP contribution in [0, 0.1) is 5.82 Å². The lowest BCUT2D eigenvalue weighted by atomic mass is 9.82. The van der Waals surface area contributed by atoms with Crippen molar-refractivity contribution in [3.8, 4) is 0 Å². The van der Waals surface area contributed by atoms with Crippen molar-refractivity contribution >= 4 is 0 Å². The normalized spacial score (nSPS) is 36.1. The Labute approximate surface area is 101 Å². The Balaban J connectivity index is 1.73. The van der Waals surface area contributed by atoms with Gasteiger partial charge in [-0.25, -0.2) is 4.39 Å². The third-order valence-electron chi connectivity index (χ3n) is 4.03.